The van der Waals surface area contributed by atoms with E-state index < -0.39 is 0 Å². The highest BCUT2D eigenvalue weighted by atomic mass is 19.1. The van der Waals surface area contributed by atoms with Crippen LogP contribution in [0.2, 0.25) is 0 Å². The molecule has 0 aromatic heterocycles. The van der Waals surface area contributed by atoms with Gasteiger partial charge >= 0.3 is 0 Å². The zero-order valence-corrected chi connectivity index (χ0v) is 13.2. The Kier molecular flexibility index (Phi) is 4.69. The zero-order chi connectivity index (χ0) is 14.8. The molecular weight excluding hydrogens is 251 g/mol. The monoisotopic (exact) mass is 278 g/mol. The first kappa shape index (κ1) is 15.3. The first-order valence-electron chi connectivity index (χ1n) is 7.71. The topological polar surface area (TPSA) is 15.3 Å². The maximum absolute atomic E-state index is 13.6. The van der Waals surface area contributed by atoms with Gasteiger partial charge in [-0.25, -0.2) is 4.39 Å². The van der Waals surface area contributed by atoms with Gasteiger partial charge in [0.05, 0.1) is 0 Å². The van der Waals surface area contributed by atoms with E-state index in [9.17, 15) is 4.39 Å². The number of benzene rings is 1. The van der Waals surface area contributed by atoms with E-state index in [-0.39, 0.29) is 11.9 Å². The third-order valence-electron chi connectivity index (χ3n) is 4.21. The van der Waals surface area contributed by atoms with Gasteiger partial charge in [0.15, 0.2) is 0 Å². The standard InChI is InChI=1S/C17H27FN2/c1-5-19-13(2)15-11-14(18)7-8-16(15)20-10-6-9-17(3,4)12-20/h7-8,11,13,19H,5-6,9-10,12H2,1-4H3. The number of hydrogen-bond acceptors (Lipinski definition) is 2. The quantitative estimate of drug-likeness (QED) is 0.891. The lowest BCUT2D eigenvalue weighted by Crippen LogP contribution is -2.41. The summed E-state index contributed by atoms with van der Waals surface area (Å²) in [7, 11) is 0. The molecule has 1 aliphatic rings. The first-order valence-corrected chi connectivity index (χ1v) is 7.71. The highest BCUT2D eigenvalue weighted by molar-refractivity contribution is 5.55. The number of rotatable bonds is 4. The maximum Gasteiger partial charge on any atom is 0.123 e. The van der Waals surface area contributed by atoms with Crippen molar-refractivity contribution in [2.45, 2.75) is 46.6 Å². The van der Waals surface area contributed by atoms with E-state index in [0.29, 0.717) is 5.41 Å². The Labute approximate surface area is 122 Å². The molecule has 0 bridgehead atoms. The third kappa shape index (κ3) is 3.51. The molecule has 0 amide bonds. The molecular formula is C17H27FN2. The second-order valence-electron chi connectivity index (χ2n) is 6.67. The Morgan fingerprint density at radius 2 is 2.15 bits per heavy atom. The summed E-state index contributed by atoms with van der Waals surface area (Å²) < 4.78 is 13.6. The van der Waals surface area contributed by atoms with E-state index in [1.54, 1.807) is 12.1 Å². The Morgan fingerprint density at radius 1 is 1.40 bits per heavy atom. The minimum atomic E-state index is -0.148. The molecule has 3 heteroatoms. The van der Waals surface area contributed by atoms with Crippen LogP contribution in [0.15, 0.2) is 18.2 Å². The van der Waals surface area contributed by atoms with Gasteiger partial charge in [-0.05, 0) is 55.5 Å². The third-order valence-corrected chi connectivity index (χ3v) is 4.21. The van der Waals surface area contributed by atoms with Crippen LogP contribution in [0.1, 0.15) is 52.1 Å². The van der Waals surface area contributed by atoms with E-state index in [1.807, 2.05) is 6.07 Å². The first-order chi connectivity index (χ1) is 9.43. The number of hydrogen-bond donors (Lipinski definition) is 1. The number of piperidine rings is 1. The average Bonchev–Trinajstić information content (AvgIpc) is 2.37. The van der Waals surface area contributed by atoms with Crippen molar-refractivity contribution in [3.63, 3.8) is 0 Å². The van der Waals surface area contributed by atoms with Crippen LogP contribution in [0.4, 0.5) is 10.1 Å². The maximum atomic E-state index is 13.6. The summed E-state index contributed by atoms with van der Waals surface area (Å²) in [6.45, 7) is 11.8. The number of halogens is 1. The molecule has 1 unspecified atom stereocenters. The molecule has 1 fully saturated rings. The predicted molar refractivity (Wildman–Crippen MR) is 83.7 cm³/mol. The van der Waals surface area contributed by atoms with Gasteiger partial charge in [-0.1, -0.05) is 20.8 Å². The van der Waals surface area contributed by atoms with Gasteiger partial charge in [0.25, 0.3) is 0 Å². The van der Waals surface area contributed by atoms with Gasteiger partial charge < -0.3 is 10.2 Å². The van der Waals surface area contributed by atoms with Crippen LogP contribution < -0.4 is 10.2 Å². The lowest BCUT2D eigenvalue weighted by molar-refractivity contribution is 0.292. The van der Waals surface area contributed by atoms with E-state index >= 15 is 0 Å². The fourth-order valence-electron chi connectivity index (χ4n) is 3.21. The van der Waals surface area contributed by atoms with Crippen molar-refractivity contribution in [3.8, 4) is 0 Å². The van der Waals surface area contributed by atoms with Crippen molar-refractivity contribution >= 4 is 5.69 Å². The fraction of sp³-hybridized carbons (Fsp3) is 0.647. The summed E-state index contributed by atoms with van der Waals surface area (Å²) in [5, 5.41) is 3.40. The minimum absolute atomic E-state index is 0.148. The van der Waals surface area contributed by atoms with Crippen LogP contribution in [0.25, 0.3) is 0 Å². The molecule has 1 aromatic carbocycles. The molecule has 2 rings (SSSR count). The molecule has 1 aliphatic heterocycles. The molecule has 0 aliphatic carbocycles. The van der Waals surface area contributed by atoms with Crippen LogP contribution in [-0.4, -0.2) is 19.6 Å². The van der Waals surface area contributed by atoms with E-state index in [0.717, 1.165) is 25.2 Å². The number of nitrogens with zero attached hydrogens (tertiary/aromatic N) is 1. The molecule has 1 N–H and O–H groups in total. The zero-order valence-electron chi connectivity index (χ0n) is 13.2. The Bertz CT molecular complexity index is 456. The molecule has 1 heterocycles. The summed E-state index contributed by atoms with van der Waals surface area (Å²) in [6.07, 6.45) is 2.47. The van der Waals surface area contributed by atoms with Crippen LogP contribution >= 0.6 is 0 Å². The van der Waals surface area contributed by atoms with Crippen LogP contribution in [0.3, 0.4) is 0 Å². The lowest BCUT2D eigenvalue weighted by Gasteiger charge is -2.40. The molecule has 1 atom stereocenters. The second-order valence-corrected chi connectivity index (χ2v) is 6.67. The van der Waals surface area contributed by atoms with Crippen molar-refractivity contribution in [2.75, 3.05) is 24.5 Å². The molecule has 112 valence electrons. The highest BCUT2D eigenvalue weighted by Crippen LogP contribution is 2.35. The van der Waals surface area contributed by atoms with Gasteiger partial charge in [0.1, 0.15) is 5.82 Å². The molecule has 1 saturated heterocycles. The van der Waals surface area contributed by atoms with E-state index in [2.05, 4.69) is 37.9 Å². The normalized spacial score (nSPS) is 19.9. The molecule has 0 spiro atoms. The summed E-state index contributed by atoms with van der Waals surface area (Å²) in [5.41, 5.74) is 2.60. The van der Waals surface area contributed by atoms with Gasteiger partial charge in [-0.2, -0.15) is 0 Å². The van der Waals surface area contributed by atoms with E-state index in [1.165, 1.54) is 18.5 Å². The molecule has 2 nitrogen and oxygen atoms in total. The number of nitrogens with one attached hydrogen (secondary N) is 1. The summed E-state index contributed by atoms with van der Waals surface area (Å²) in [4.78, 5) is 2.42. The van der Waals surface area contributed by atoms with Crippen molar-refractivity contribution in [2.24, 2.45) is 5.41 Å². The van der Waals surface area contributed by atoms with Crippen molar-refractivity contribution < 1.29 is 4.39 Å². The molecule has 0 saturated carbocycles. The van der Waals surface area contributed by atoms with Crippen LogP contribution in [-0.2, 0) is 0 Å². The van der Waals surface area contributed by atoms with E-state index in [4.69, 9.17) is 0 Å². The average molecular weight is 278 g/mol. The van der Waals surface area contributed by atoms with Gasteiger partial charge in [0.2, 0.25) is 0 Å². The SMILES string of the molecule is CCNC(C)c1cc(F)ccc1N1CCCC(C)(C)C1. The van der Waals surface area contributed by atoms with Crippen molar-refractivity contribution in [1.82, 2.24) is 5.32 Å². The Hall–Kier alpha value is -1.09. The molecule has 20 heavy (non-hydrogen) atoms. The molecule has 1 aromatic rings. The summed E-state index contributed by atoms with van der Waals surface area (Å²) in [6, 6.07) is 5.39. The Balaban J connectivity index is 2.30. The smallest absolute Gasteiger partial charge is 0.123 e. The van der Waals surface area contributed by atoms with Gasteiger partial charge in [0, 0.05) is 24.8 Å². The lowest BCUT2D eigenvalue weighted by atomic mass is 9.83. The predicted octanol–water partition coefficient (Wildman–Crippen LogP) is 4.12. The molecule has 0 radical (unpaired) electrons. The van der Waals surface area contributed by atoms with Crippen LogP contribution in [0.5, 0.6) is 0 Å². The van der Waals surface area contributed by atoms with Crippen molar-refractivity contribution in [1.29, 1.82) is 0 Å². The minimum Gasteiger partial charge on any atom is -0.371 e. The van der Waals surface area contributed by atoms with Crippen LogP contribution in [0, 0.1) is 11.2 Å². The second kappa shape index (κ2) is 6.13. The summed E-state index contributed by atoms with van der Waals surface area (Å²) >= 11 is 0. The summed E-state index contributed by atoms with van der Waals surface area (Å²) in [5.74, 6) is -0.148. The largest absolute Gasteiger partial charge is 0.371 e. The number of anilines is 1. The fourth-order valence-corrected chi connectivity index (χ4v) is 3.21. The van der Waals surface area contributed by atoms with Crippen molar-refractivity contribution in [3.05, 3.63) is 29.6 Å². The van der Waals surface area contributed by atoms with Gasteiger partial charge in [-0.15, -0.1) is 0 Å². The Morgan fingerprint density at radius 3 is 2.80 bits per heavy atom. The van der Waals surface area contributed by atoms with Gasteiger partial charge in [-0.3, -0.25) is 0 Å². The highest BCUT2D eigenvalue weighted by Gasteiger charge is 2.28.